The summed E-state index contributed by atoms with van der Waals surface area (Å²) in [5.74, 6) is 1.13. The standard InChI is InChI=1S/C31H31F3N2O5S2/c1-3-28(30(37)38)41-29-11-9-25(16-20(29)2)43(39,40)36-19-23(18-35-12-14-42-15-13-35)26-17-22(6-10-27(26)36)21-4-7-24(8-5-21)31(32,33)34/h4-11,16-17,19,28H,3,12-15,18H2,1-2H3,(H,37,38). The predicted molar refractivity (Wildman–Crippen MR) is 161 cm³/mol. The van der Waals surface area contributed by atoms with Gasteiger partial charge in [0.05, 0.1) is 16.0 Å². The Morgan fingerprint density at radius 2 is 1.70 bits per heavy atom. The molecule has 1 aliphatic rings. The number of carboxylic acid groups (broad SMARTS) is 1. The van der Waals surface area contributed by atoms with Gasteiger partial charge >= 0.3 is 12.1 Å². The van der Waals surface area contributed by atoms with Crippen LogP contribution >= 0.6 is 11.8 Å². The second kappa shape index (κ2) is 12.3. The molecule has 0 spiro atoms. The van der Waals surface area contributed by atoms with E-state index >= 15 is 0 Å². The van der Waals surface area contributed by atoms with Gasteiger partial charge in [-0.2, -0.15) is 24.9 Å². The zero-order valence-electron chi connectivity index (χ0n) is 23.6. The van der Waals surface area contributed by atoms with Gasteiger partial charge in [-0.1, -0.05) is 25.1 Å². The second-order valence-corrected chi connectivity index (χ2v) is 13.5. The van der Waals surface area contributed by atoms with Crippen molar-refractivity contribution in [2.45, 2.75) is 44.0 Å². The molecule has 1 fully saturated rings. The molecule has 1 N–H and O–H groups in total. The van der Waals surface area contributed by atoms with Gasteiger partial charge in [-0.15, -0.1) is 0 Å². The molecule has 0 radical (unpaired) electrons. The topological polar surface area (TPSA) is 88.8 Å². The first-order chi connectivity index (χ1) is 20.4. The van der Waals surface area contributed by atoms with E-state index in [0.717, 1.165) is 42.3 Å². The first kappa shape index (κ1) is 31.0. The summed E-state index contributed by atoms with van der Waals surface area (Å²) < 4.78 is 74.2. The number of hydrogen-bond donors (Lipinski definition) is 1. The van der Waals surface area contributed by atoms with E-state index in [0.29, 0.717) is 34.1 Å². The molecule has 1 atom stereocenters. The highest BCUT2D eigenvalue weighted by Gasteiger charge is 2.30. The van der Waals surface area contributed by atoms with Gasteiger partial charge in [-0.3, -0.25) is 4.90 Å². The van der Waals surface area contributed by atoms with Crippen LogP contribution in [0.5, 0.6) is 5.75 Å². The third-order valence-corrected chi connectivity index (χ3v) is 10.1. The smallest absolute Gasteiger partial charge is 0.416 e. The van der Waals surface area contributed by atoms with Crippen LogP contribution in [0.4, 0.5) is 13.2 Å². The average molecular weight is 633 g/mol. The van der Waals surface area contributed by atoms with Crippen LogP contribution in [0.1, 0.15) is 30.0 Å². The normalized spacial score (nSPS) is 15.5. The summed E-state index contributed by atoms with van der Waals surface area (Å²) in [6, 6.07) is 14.4. The molecule has 0 aliphatic carbocycles. The number of aromatic nitrogens is 1. The van der Waals surface area contributed by atoms with E-state index in [-0.39, 0.29) is 17.1 Å². The van der Waals surface area contributed by atoms with E-state index < -0.39 is 33.8 Å². The minimum atomic E-state index is -4.44. The van der Waals surface area contributed by atoms with Crippen LogP contribution in [-0.2, 0) is 27.5 Å². The molecule has 1 aliphatic heterocycles. The van der Waals surface area contributed by atoms with Gasteiger partial charge in [0.2, 0.25) is 0 Å². The molecule has 1 unspecified atom stereocenters. The largest absolute Gasteiger partial charge is 0.479 e. The summed E-state index contributed by atoms with van der Waals surface area (Å²) in [7, 11) is -4.08. The number of rotatable bonds is 9. The third kappa shape index (κ3) is 6.56. The number of benzene rings is 3. The molecule has 43 heavy (non-hydrogen) atoms. The number of alkyl halides is 3. The molecule has 0 amide bonds. The van der Waals surface area contributed by atoms with E-state index in [1.165, 1.54) is 34.3 Å². The lowest BCUT2D eigenvalue weighted by atomic mass is 10.0. The number of fused-ring (bicyclic) bond motifs is 1. The molecule has 4 aromatic rings. The molecule has 1 aromatic heterocycles. The SMILES string of the molecule is CCC(Oc1ccc(S(=O)(=O)n2cc(CN3CCSCC3)c3cc(-c4ccc(C(F)(F)F)cc4)ccc32)cc1C)C(=O)O. The van der Waals surface area contributed by atoms with Crippen molar-refractivity contribution < 1.29 is 36.2 Å². The Bertz CT molecular complexity index is 1750. The highest BCUT2D eigenvalue weighted by atomic mass is 32.2. The Hall–Kier alpha value is -3.48. The lowest BCUT2D eigenvalue weighted by Crippen LogP contribution is -2.31. The van der Waals surface area contributed by atoms with Crippen molar-refractivity contribution in [3.63, 3.8) is 0 Å². The summed E-state index contributed by atoms with van der Waals surface area (Å²) in [5.41, 5.74) is 2.25. The van der Waals surface area contributed by atoms with Gasteiger partial charge < -0.3 is 9.84 Å². The monoisotopic (exact) mass is 632 g/mol. The predicted octanol–water partition coefficient (Wildman–Crippen LogP) is 6.66. The van der Waals surface area contributed by atoms with E-state index in [9.17, 15) is 31.5 Å². The molecule has 0 saturated carbocycles. The van der Waals surface area contributed by atoms with E-state index in [4.69, 9.17) is 4.74 Å². The van der Waals surface area contributed by atoms with Crippen LogP contribution in [0.25, 0.3) is 22.0 Å². The van der Waals surface area contributed by atoms with Gasteiger partial charge in [0.25, 0.3) is 10.0 Å². The second-order valence-electron chi connectivity index (χ2n) is 10.4. The highest BCUT2D eigenvalue weighted by molar-refractivity contribution is 7.99. The Morgan fingerprint density at radius 3 is 2.30 bits per heavy atom. The summed E-state index contributed by atoms with van der Waals surface area (Å²) in [6.07, 6.45) is -3.62. The van der Waals surface area contributed by atoms with Gasteiger partial charge in [-0.05, 0) is 78.1 Å². The highest BCUT2D eigenvalue weighted by Crippen LogP contribution is 2.35. The number of thioether (sulfide) groups is 1. The fourth-order valence-electron chi connectivity index (χ4n) is 5.11. The lowest BCUT2D eigenvalue weighted by molar-refractivity contribution is -0.145. The number of nitrogens with zero attached hydrogens (tertiary/aromatic N) is 2. The summed E-state index contributed by atoms with van der Waals surface area (Å²) in [4.78, 5) is 13.7. The van der Waals surface area contributed by atoms with Crippen molar-refractivity contribution in [1.29, 1.82) is 0 Å². The summed E-state index contributed by atoms with van der Waals surface area (Å²) >= 11 is 1.87. The first-order valence-corrected chi connectivity index (χ1v) is 16.4. The first-order valence-electron chi connectivity index (χ1n) is 13.8. The number of ether oxygens (including phenoxy) is 1. The van der Waals surface area contributed by atoms with Crippen molar-refractivity contribution in [2.75, 3.05) is 24.6 Å². The van der Waals surface area contributed by atoms with Crippen molar-refractivity contribution in [3.05, 3.63) is 83.6 Å². The van der Waals surface area contributed by atoms with Crippen LogP contribution < -0.4 is 4.74 Å². The van der Waals surface area contributed by atoms with Crippen LogP contribution in [0.3, 0.4) is 0 Å². The Morgan fingerprint density at radius 1 is 1.02 bits per heavy atom. The lowest BCUT2D eigenvalue weighted by Gasteiger charge is -2.25. The van der Waals surface area contributed by atoms with E-state index in [2.05, 4.69) is 4.90 Å². The maximum atomic E-state index is 14.0. The number of hydrogen-bond acceptors (Lipinski definition) is 6. The molecule has 0 bridgehead atoms. The van der Waals surface area contributed by atoms with Gasteiger partial charge in [0, 0.05) is 42.7 Å². The van der Waals surface area contributed by atoms with E-state index in [1.807, 2.05) is 17.8 Å². The zero-order chi connectivity index (χ0) is 30.9. The number of carboxylic acids is 1. The van der Waals surface area contributed by atoms with Crippen molar-refractivity contribution in [2.24, 2.45) is 0 Å². The molecular formula is C31H31F3N2O5S2. The molecule has 3 aromatic carbocycles. The van der Waals surface area contributed by atoms with E-state index in [1.54, 1.807) is 32.2 Å². The number of halogens is 3. The Kier molecular flexibility index (Phi) is 8.82. The number of carbonyl (C=O) groups is 1. The molecule has 228 valence electrons. The molecule has 12 heteroatoms. The van der Waals surface area contributed by atoms with Crippen molar-refractivity contribution >= 4 is 38.7 Å². The number of aliphatic carboxylic acids is 1. The van der Waals surface area contributed by atoms with Crippen molar-refractivity contribution in [3.8, 4) is 16.9 Å². The Labute approximate surface area is 252 Å². The molecular weight excluding hydrogens is 601 g/mol. The van der Waals surface area contributed by atoms with Crippen LogP contribution in [-0.4, -0.2) is 59.1 Å². The third-order valence-electron chi connectivity index (χ3n) is 7.51. The average Bonchev–Trinajstić information content (AvgIpc) is 3.34. The molecule has 7 nitrogen and oxygen atoms in total. The molecule has 2 heterocycles. The zero-order valence-corrected chi connectivity index (χ0v) is 25.2. The maximum absolute atomic E-state index is 14.0. The van der Waals surface area contributed by atoms with Gasteiger partial charge in [0.1, 0.15) is 5.75 Å². The fourth-order valence-corrected chi connectivity index (χ4v) is 7.57. The van der Waals surface area contributed by atoms with Crippen LogP contribution in [0, 0.1) is 6.92 Å². The summed E-state index contributed by atoms with van der Waals surface area (Å²) in [6.45, 7) is 5.59. The maximum Gasteiger partial charge on any atom is 0.416 e. The minimum Gasteiger partial charge on any atom is -0.479 e. The summed E-state index contributed by atoms with van der Waals surface area (Å²) in [5, 5.41) is 10.0. The Balaban J connectivity index is 1.56. The fraction of sp³-hybridized carbons (Fsp3) is 0.323. The number of aryl methyl sites for hydroxylation is 1. The minimum absolute atomic E-state index is 0.0189. The quantitative estimate of drug-likeness (QED) is 0.221. The molecule has 5 rings (SSSR count). The molecule has 1 saturated heterocycles. The van der Waals surface area contributed by atoms with Crippen molar-refractivity contribution in [1.82, 2.24) is 8.87 Å². The van der Waals surface area contributed by atoms with Crippen LogP contribution in [0.15, 0.2) is 71.8 Å². The van der Waals surface area contributed by atoms with Gasteiger partial charge in [0.15, 0.2) is 6.10 Å². The van der Waals surface area contributed by atoms with Crippen LogP contribution in [0.2, 0.25) is 0 Å². The van der Waals surface area contributed by atoms with Gasteiger partial charge in [-0.25, -0.2) is 17.2 Å².